The van der Waals surface area contributed by atoms with E-state index in [-0.39, 0.29) is 12.2 Å². The van der Waals surface area contributed by atoms with E-state index in [2.05, 4.69) is 54.7 Å². The van der Waals surface area contributed by atoms with Gasteiger partial charge in [0.1, 0.15) is 11.9 Å². The van der Waals surface area contributed by atoms with Gasteiger partial charge in [-0.3, -0.25) is 0 Å². The average molecular weight is 311 g/mol. The Morgan fingerprint density at radius 3 is 2.65 bits per heavy atom. The van der Waals surface area contributed by atoms with E-state index in [1.807, 2.05) is 12.1 Å². The van der Waals surface area contributed by atoms with Gasteiger partial charge in [0, 0.05) is 13.1 Å². The molecule has 23 heavy (non-hydrogen) atoms. The normalized spacial score (nSPS) is 19.3. The average Bonchev–Trinajstić information content (AvgIpc) is 2.63. The fourth-order valence-electron chi connectivity index (χ4n) is 3.01. The number of ether oxygens (including phenoxy) is 2. The van der Waals surface area contributed by atoms with Crippen molar-refractivity contribution >= 4 is 0 Å². The number of aryl methyl sites for hydroxylation is 1. The van der Waals surface area contributed by atoms with Crippen molar-refractivity contribution in [2.75, 3.05) is 19.7 Å². The van der Waals surface area contributed by atoms with E-state index in [1.54, 1.807) is 0 Å². The molecular weight excluding hydrogens is 286 g/mol. The molecule has 3 rings (SSSR count). The van der Waals surface area contributed by atoms with Crippen molar-refractivity contribution in [1.29, 1.82) is 0 Å². The van der Waals surface area contributed by atoms with E-state index < -0.39 is 0 Å². The Bertz CT molecular complexity index is 594. The van der Waals surface area contributed by atoms with Crippen LogP contribution in [0.25, 0.3) is 0 Å². The maximum absolute atomic E-state index is 6.46. The van der Waals surface area contributed by atoms with Crippen molar-refractivity contribution in [3.05, 3.63) is 65.7 Å². The molecule has 1 fully saturated rings. The van der Waals surface area contributed by atoms with Crippen LogP contribution in [0.5, 0.6) is 5.75 Å². The van der Waals surface area contributed by atoms with Crippen molar-refractivity contribution < 1.29 is 9.47 Å². The van der Waals surface area contributed by atoms with Gasteiger partial charge in [0.05, 0.1) is 6.61 Å². The summed E-state index contributed by atoms with van der Waals surface area (Å²) in [5.41, 5.74) is 2.42. The van der Waals surface area contributed by atoms with Gasteiger partial charge in [-0.25, -0.2) is 0 Å². The third-order valence-corrected chi connectivity index (χ3v) is 4.17. The molecule has 1 saturated heterocycles. The third kappa shape index (κ3) is 4.12. The second-order valence-corrected chi connectivity index (χ2v) is 5.92. The molecule has 2 aromatic carbocycles. The van der Waals surface area contributed by atoms with Gasteiger partial charge in [0.15, 0.2) is 6.10 Å². The number of hydrogen-bond acceptors (Lipinski definition) is 3. The minimum absolute atomic E-state index is 0.0285. The first-order valence-electron chi connectivity index (χ1n) is 8.50. The molecule has 3 heteroatoms. The lowest BCUT2D eigenvalue weighted by molar-refractivity contribution is -0.0435. The number of hydrogen-bond donors (Lipinski definition) is 1. The standard InChI is InChI=1S/C20H25NO2/c1-2-8-16-9-6-7-12-18(16)23-20(17-10-4-3-5-11-17)19-15-21-13-14-22-19/h3-7,9-12,19-21H,2,8,13-15H2,1H3. The van der Waals surface area contributed by atoms with Crippen LogP contribution in [0.1, 0.15) is 30.6 Å². The van der Waals surface area contributed by atoms with Gasteiger partial charge in [-0.05, 0) is 23.6 Å². The van der Waals surface area contributed by atoms with Crippen LogP contribution in [0, 0.1) is 0 Å². The summed E-state index contributed by atoms with van der Waals surface area (Å²) >= 11 is 0. The highest BCUT2D eigenvalue weighted by Crippen LogP contribution is 2.30. The van der Waals surface area contributed by atoms with E-state index in [4.69, 9.17) is 9.47 Å². The number of nitrogens with one attached hydrogen (secondary N) is 1. The molecular formula is C20H25NO2. The molecule has 0 bridgehead atoms. The van der Waals surface area contributed by atoms with Gasteiger partial charge in [0.2, 0.25) is 0 Å². The Morgan fingerprint density at radius 2 is 1.91 bits per heavy atom. The molecule has 3 nitrogen and oxygen atoms in total. The lowest BCUT2D eigenvalue weighted by Gasteiger charge is -2.32. The fourth-order valence-corrected chi connectivity index (χ4v) is 3.01. The zero-order valence-corrected chi connectivity index (χ0v) is 13.7. The number of morpholine rings is 1. The zero-order chi connectivity index (χ0) is 15.9. The van der Waals surface area contributed by atoms with E-state index in [0.717, 1.165) is 43.9 Å². The van der Waals surface area contributed by atoms with Crippen LogP contribution in [0.4, 0.5) is 0 Å². The number of para-hydroxylation sites is 1. The van der Waals surface area contributed by atoms with E-state index in [1.165, 1.54) is 5.56 Å². The summed E-state index contributed by atoms with van der Waals surface area (Å²) < 4.78 is 12.4. The van der Waals surface area contributed by atoms with Crippen LogP contribution < -0.4 is 10.1 Å². The molecule has 1 heterocycles. The molecule has 0 aromatic heterocycles. The van der Waals surface area contributed by atoms with Gasteiger partial charge in [-0.15, -0.1) is 0 Å². The summed E-state index contributed by atoms with van der Waals surface area (Å²) in [6.45, 7) is 4.65. The molecule has 122 valence electrons. The van der Waals surface area contributed by atoms with Crippen LogP contribution in [-0.2, 0) is 11.2 Å². The number of benzene rings is 2. The Morgan fingerprint density at radius 1 is 1.13 bits per heavy atom. The third-order valence-electron chi connectivity index (χ3n) is 4.17. The van der Waals surface area contributed by atoms with Crippen LogP contribution in [0.15, 0.2) is 54.6 Å². The summed E-state index contributed by atoms with van der Waals surface area (Å²) in [4.78, 5) is 0. The lowest BCUT2D eigenvalue weighted by Crippen LogP contribution is -2.43. The minimum atomic E-state index is -0.0954. The molecule has 0 saturated carbocycles. The van der Waals surface area contributed by atoms with E-state index in [9.17, 15) is 0 Å². The smallest absolute Gasteiger partial charge is 0.151 e. The van der Waals surface area contributed by atoms with Gasteiger partial charge >= 0.3 is 0 Å². The second-order valence-electron chi connectivity index (χ2n) is 5.92. The predicted molar refractivity (Wildman–Crippen MR) is 92.9 cm³/mol. The molecule has 2 aromatic rings. The molecule has 2 unspecified atom stereocenters. The molecule has 2 atom stereocenters. The minimum Gasteiger partial charge on any atom is -0.483 e. The van der Waals surface area contributed by atoms with Crippen molar-refractivity contribution in [1.82, 2.24) is 5.32 Å². The van der Waals surface area contributed by atoms with Crippen molar-refractivity contribution in [2.45, 2.75) is 32.0 Å². The Kier molecular flexibility index (Phi) is 5.67. The summed E-state index contributed by atoms with van der Waals surface area (Å²) in [5, 5.41) is 3.41. The highest BCUT2D eigenvalue weighted by Gasteiger charge is 2.28. The Hall–Kier alpha value is -1.84. The second kappa shape index (κ2) is 8.14. The summed E-state index contributed by atoms with van der Waals surface area (Å²) in [6, 6.07) is 18.7. The molecule has 1 aliphatic rings. The summed E-state index contributed by atoms with van der Waals surface area (Å²) in [5.74, 6) is 0.970. The van der Waals surface area contributed by atoms with Crippen LogP contribution in [0.2, 0.25) is 0 Å². The van der Waals surface area contributed by atoms with Crippen LogP contribution in [0.3, 0.4) is 0 Å². The molecule has 1 N–H and O–H groups in total. The highest BCUT2D eigenvalue weighted by atomic mass is 16.5. The first-order chi connectivity index (χ1) is 11.4. The molecule has 0 aliphatic carbocycles. The maximum Gasteiger partial charge on any atom is 0.151 e. The SMILES string of the molecule is CCCc1ccccc1OC(c1ccccc1)C1CNCCO1. The van der Waals surface area contributed by atoms with Gasteiger partial charge in [0.25, 0.3) is 0 Å². The van der Waals surface area contributed by atoms with Gasteiger partial charge in [-0.2, -0.15) is 0 Å². The highest BCUT2D eigenvalue weighted by molar-refractivity contribution is 5.34. The lowest BCUT2D eigenvalue weighted by atomic mass is 10.0. The van der Waals surface area contributed by atoms with Crippen LogP contribution in [-0.4, -0.2) is 25.8 Å². The van der Waals surface area contributed by atoms with Crippen molar-refractivity contribution in [3.8, 4) is 5.75 Å². The topological polar surface area (TPSA) is 30.5 Å². The summed E-state index contributed by atoms with van der Waals surface area (Å²) in [6.07, 6.45) is 2.07. The van der Waals surface area contributed by atoms with Gasteiger partial charge in [-0.1, -0.05) is 61.9 Å². The monoisotopic (exact) mass is 311 g/mol. The predicted octanol–water partition coefficient (Wildman–Crippen LogP) is 3.75. The first-order valence-corrected chi connectivity index (χ1v) is 8.50. The largest absolute Gasteiger partial charge is 0.483 e. The Balaban J connectivity index is 1.86. The molecule has 0 amide bonds. The zero-order valence-electron chi connectivity index (χ0n) is 13.7. The fraction of sp³-hybridized carbons (Fsp3) is 0.400. The molecule has 1 aliphatic heterocycles. The van der Waals surface area contributed by atoms with Crippen molar-refractivity contribution in [2.24, 2.45) is 0 Å². The maximum atomic E-state index is 6.46. The van der Waals surface area contributed by atoms with E-state index in [0.29, 0.717) is 0 Å². The molecule has 0 radical (unpaired) electrons. The first kappa shape index (κ1) is 16.0. The van der Waals surface area contributed by atoms with Gasteiger partial charge < -0.3 is 14.8 Å². The quantitative estimate of drug-likeness (QED) is 0.881. The summed E-state index contributed by atoms with van der Waals surface area (Å²) in [7, 11) is 0. The molecule has 0 spiro atoms. The number of rotatable bonds is 6. The van der Waals surface area contributed by atoms with Crippen LogP contribution >= 0.6 is 0 Å². The Labute approximate surface area is 138 Å². The van der Waals surface area contributed by atoms with E-state index >= 15 is 0 Å². The van der Waals surface area contributed by atoms with Crippen molar-refractivity contribution in [3.63, 3.8) is 0 Å².